The molecule has 0 aliphatic rings. The molecule has 2 rings (SSSR count). The fourth-order valence-corrected chi connectivity index (χ4v) is 3.04. The SMILES string of the molecule is CCNc1nc(NCC(O)(CC)CC)c2cc(C)sc2n1. The van der Waals surface area contributed by atoms with Crippen LogP contribution in [0, 0.1) is 6.92 Å². The Kier molecular flexibility index (Phi) is 5.00. The normalized spacial score (nSPS) is 11.9. The van der Waals surface area contributed by atoms with Crippen LogP contribution in [0.15, 0.2) is 6.07 Å². The highest BCUT2D eigenvalue weighted by Gasteiger charge is 2.22. The summed E-state index contributed by atoms with van der Waals surface area (Å²) in [6, 6.07) is 2.09. The molecular formula is C15H24N4OS. The molecule has 6 heteroatoms. The van der Waals surface area contributed by atoms with Crippen LogP contribution in [0.4, 0.5) is 11.8 Å². The summed E-state index contributed by atoms with van der Waals surface area (Å²) in [6.45, 7) is 9.36. The van der Waals surface area contributed by atoms with Crippen molar-refractivity contribution >= 4 is 33.3 Å². The van der Waals surface area contributed by atoms with E-state index in [4.69, 9.17) is 0 Å². The first-order chi connectivity index (χ1) is 10.0. The molecule has 21 heavy (non-hydrogen) atoms. The smallest absolute Gasteiger partial charge is 0.226 e. The van der Waals surface area contributed by atoms with Crippen molar-refractivity contribution in [1.82, 2.24) is 9.97 Å². The molecule has 0 aliphatic carbocycles. The van der Waals surface area contributed by atoms with Crippen LogP contribution in [-0.4, -0.2) is 33.8 Å². The summed E-state index contributed by atoms with van der Waals surface area (Å²) < 4.78 is 0. The molecular weight excluding hydrogens is 284 g/mol. The number of anilines is 2. The van der Waals surface area contributed by atoms with Gasteiger partial charge in [-0.1, -0.05) is 13.8 Å². The van der Waals surface area contributed by atoms with Crippen LogP contribution >= 0.6 is 11.3 Å². The van der Waals surface area contributed by atoms with Crippen LogP contribution < -0.4 is 10.6 Å². The van der Waals surface area contributed by atoms with Gasteiger partial charge in [0.15, 0.2) is 0 Å². The Morgan fingerprint density at radius 1 is 1.19 bits per heavy atom. The maximum atomic E-state index is 10.4. The van der Waals surface area contributed by atoms with Gasteiger partial charge in [0.25, 0.3) is 0 Å². The molecule has 0 bridgehead atoms. The molecule has 0 aromatic carbocycles. The summed E-state index contributed by atoms with van der Waals surface area (Å²) >= 11 is 1.66. The van der Waals surface area contributed by atoms with E-state index in [0.29, 0.717) is 25.3 Å². The second-order valence-electron chi connectivity index (χ2n) is 5.29. The van der Waals surface area contributed by atoms with E-state index in [2.05, 4.69) is 33.6 Å². The molecule has 0 radical (unpaired) electrons. The minimum Gasteiger partial charge on any atom is -0.388 e. The van der Waals surface area contributed by atoms with Crippen molar-refractivity contribution in [3.05, 3.63) is 10.9 Å². The van der Waals surface area contributed by atoms with Crippen LogP contribution in [-0.2, 0) is 0 Å². The average molecular weight is 308 g/mol. The van der Waals surface area contributed by atoms with Crippen molar-refractivity contribution < 1.29 is 5.11 Å². The molecule has 0 atom stereocenters. The van der Waals surface area contributed by atoms with Crippen molar-refractivity contribution in [3.8, 4) is 0 Å². The lowest BCUT2D eigenvalue weighted by molar-refractivity contribution is 0.0456. The number of thiophene rings is 1. The zero-order valence-corrected chi connectivity index (χ0v) is 14.0. The molecule has 0 fully saturated rings. The van der Waals surface area contributed by atoms with E-state index in [0.717, 1.165) is 22.6 Å². The zero-order chi connectivity index (χ0) is 15.5. The van der Waals surface area contributed by atoms with Crippen molar-refractivity contribution in [2.45, 2.75) is 46.1 Å². The molecule has 2 aromatic heterocycles. The predicted molar refractivity (Wildman–Crippen MR) is 90.3 cm³/mol. The quantitative estimate of drug-likeness (QED) is 0.731. The van der Waals surface area contributed by atoms with Gasteiger partial charge in [0, 0.05) is 18.0 Å². The Balaban J connectivity index is 2.32. The Bertz CT molecular complexity index is 607. The van der Waals surface area contributed by atoms with E-state index in [-0.39, 0.29) is 0 Å². The number of fused-ring (bicyclic) bond motifs is 1. The van der Waals surface area contributed by atoms with Gasteiger partial charge in [0.05, 0.1) is 11.0 Å². The number of hydrogen-bond donors (Lipinski definition) is 3. The van der Waals surface area contributed by atoms with Crippen molar-refractivity contribution in [1.29, 1.82) is 0 Å². The topological polar surface area (TPSA) is 70.1 Å². The third kappa shape index (κ3) is 3.63. The number of nitrogens with zero attached hydrogens (tertiary/aromatic N) is 2. The average Bonchev–Trinajstić information content (AvgIpc) is 2.85. The number of rotatable bonds is 7. The lowest BCUT2D eigenvalue weighted by atomic mass is 9.98. The maximum Gasteiger partial charge on any atom is 0.226 e. The fourth-order valence-electron chi connectivity index (χ4n) is 2.16. The van der Waals surface area contributed by atoms with Crippen LogP contribution in [0.1, 0.15) is 38.5 Å². The molecule has 0 amide bonds. The predicted octanol–water partition coefficient (Wildman–Crippen LogP) is 3.39. The van der Waals surface area contributed by atoms with Gasteiger partial charge in [0.1, 0.15) is 10.6 Å². The van der Waals surface area contributed by atoms with E-state index >= 15 is 0 Å². The summed E-state index contributed by atoms with van der Waals surface area (Å²) in [7, 11) is 0. The molecule has 5 nitrogen and oxygen atoms in total. The second kappa shape index (κ2) is 6.58. The first kappa shape index (κ1) is 16.0. The van der Waals surface area contributed by atoms with Gasteiger partial charge in [-0.05, 0) is 32.8 Å². The van der Waals surface area contributed by atoms with Gasteiger partial charge < -0.3 is 15.7 Å². The van der Waals surface area contributed by atoms with Gasteiger partial charge in [-0.25, -0.2) is 4.98 Å². The Morgan fingerprint density at radius 3 is 2.52 bits per heavy atom. The van der Waals surface area contributed by atoms with Crippen LogP contribution in [0.5, 0.6) is 0 Å². The van der Waals surface area contributed by atoms with E-state index < -0.39 is 5.60 Å². The number of aromatic nitrogens is 2. The summed E-state index contributed by atoms with van der Waals surface area (Å²) in [4.78, 5) is 11.2. The van der Waals surface area contributed by atoms with Gasteiger partial charge >= 0.3 is 0 Å². The fraction of sp³-hybridized carbons (Fsp3) is 0.600. The minimum atomic E-state index is -0.694. The lowest BCUT2D eigenvalue weighted by Crippen LogP contribution is -2.35. The molecule has 0 unspecified atom stereocenters. The van der Waals surface area contributed by atoms with Gasteiger partial charge in [-0.2, -0.15) is 4.98 Å². The molecule has 0 spiro atoms. The third-order valence-electron chi connectivity index (χ3n) is 3.75. The summed E-state index contributed by atoms with van der Waals surface area (Å²) in [5.41, 5.74) is -0.694. The van der Waals surface area contributed by atoms with Crippen LogP contribution in [0.25, 0.3) is 10.2 Å². The standard InChI is InChI=1S/C15H24N4OS/c1-5-15(20,6-2)9-17-12-11-8-10(4)21-13(11)19-14(18-12)16-7-3/h8,20H,5-7,9H2,1-4H3,(H2,16,17,18,19). The number of aryl methyl sites for hydroxylation is 1. The van der Waals surface area contributed by atoms with Crippen LogP contribution in [0.2, 0.25) is 0 Å². The van der Waals surface area contributed by atoms with Gasteiger partial charge in [0.2, 0.25) is 5.95 Å². The van der Waals surface area contributed by atoms with E-state index in [1.54, 1.807) is 11.3 Å². The van der Waals surface area contributed by atoms with E-state index in [1.807, 2.05) is 20.8 Å². The van der Waals surface area contributed by atoms with Crippen LogP contribution in [0.3, 0.4) is 0 Å². The third-order valence-corrected chi connectivity index (χ3v) is 4.70. The summed E-state index contributed by atoms with van der Waals surface area (Å²) in [5, 5.41) is 17.9. The number of aliphatic hydroxyl groups is 1. The maximum absolute atomic E-state index is 10.4. The highest BCUT2D eigenvalue weighted by molar-refractivity contribution is 7.18. The van der Waals surface area contributed by atoms with E-state index in [9.17, 15) is 5.11 Å². The lowest BCUT2D eigenvalue weighted by Gasteiger charge is -2.25. The first-order valence-electron chi connectivity index (χ1n) is 7.49. The molecule has 2 aromatic rings. The highest BCUT2D eigenvalue weighted by atomic mass is 32.1. The molecule has 2 heterocycles. The number of nitrogens with one attached hydrogen (secondary N) is 2. The zero-order valence-electron chi connectivity index (χ0n) is 13.2. The largest absolute Gasteiger partial charge is 0.388 e. The van der Waals surface area contributed by atoms with Crippen molar-refractivity contribution in [3.63, 3.8) is 0 Å². The summed E-state index contributed by atoms with van der Waals surface area (Å²) in [6.07, 6.45) is 1.43. The molecule has 116 valence electrons. The molecule has 0 aliphatic heterocycles. The molecule has 0 saturated carbocycles. The molecule has 0 saturated heterocycles. The van der Waals surface area contributed by atoms with Crippen molar-refractivity contribution in [2.75, 3.05) is 23.7 Å². The molecule has 3 N–H and O–H groups in total. The van der Waals surface area contributed by atoms with Crippen molar-refractivity contribution in [2.24, 2.45) is 0 Å². The Labute approximate surface area is 129 Å². The minimum absolute atomic E-state index is 0.493. The van der Waals surface area contributed by atoms with Gasteiger partial charge in [-0.15, -0.1) is 11.3 Å². The summed E-state index contributed by atoms with van der Waals surface area (Å²) in [5.74, 6) is 1.42. The highest BCUT2D eigenvalue weighted by Crippen LogP contribution is 2.30. The van der Waals surface area contributed by atoms with Gasteiger partial charge in [-0.3, -0.25) is 0 Å². The number of hydrogen-bond acceptors (Lipinski definition) is 6. The first-order valence-corrected chi connectivity index (χ1v) is 8.31. The second-order valence-corrected chi connectivity index (χ2v) is 6.52. The Morgan fingerprint density at radius 2 is 1.90 bits per heavy atom. The van der Waals surface area contributed by atoms with E-state index in [1.165, 1.54) is 4.88 Å². The Hall–Kier alpha value is -1.40. The monoisotopic (exact) mass is 308 g/mol.